The van der Waals surface area contributed by atoms with Crippen molar-refractivity contribution in [1.29, 1.82) is 0 Å². The largest absolute Gasteiger partial charge is 0.459 e. The summed E-state index contributed by atoms with van der Waals surface area (Å²) in [4.78, 5) is 25.8. The molecule has 7 nitrogen and oxygen atoms in total. The summed E-state index contributed by atoms with van der Waals surface area (Å²) in [7, 11) is 0. The molecule has 3 rings (SSSR count). The number of morpholine rings is 1. The van der Waals surface area contributed by atoms with Gasteiger partial charge in [0.1, 0.15) is 23.8 Å². The van der Waals surface area contributed by atoms with E-state index in [1.165, 1.54) is 0 Å². The average Bonchev–Trinajstić information content (AvgIpc) is 2.61. The SMILES string of the molecule is CCN1CCOC[C@H]1C(=O)O[C@H]1CCCN(c2cc(C)nc(C)n2)C1. The molecule has 0 spiro atoms. The van der Waals surface area contributed by atoms with Gasteiger partial charge >= 0.3 is 5.97 Å². The molecule has 0 amide bonds. The van der Waals surface area contributed by atoms with Crippen LogP contribution in [0.2, 0.25) is 0 Å². The highest BCUT2D eigenvalue weighted by Gasteiger charge is 2.32. The van der Waals surface area contributed by atoms with Crippen molar-refractivity contribution in [2.75, 3.05) is 44.3 Å². The van der Waals surface area contributed by atoms with Gasteiger partial charge < -0.3 is 14.4 Å². The fourth-order valence-electron chi connectivity index (χ4n) is 3.58. The summed E-state index contributed by atoms with van der Waals surface area (Å²) in [6.07, 6.45) is 1.78. The van der Waals surface area contributed by atoms with E-state index in [1.807, 2.05) is 19.9 Å². The molecule has 3 heterocycles. The van der Waals surface area contributed by atoms with Crippen LogP contribution in [-0.2, 0) is 14.3 Å². The molecule has 0 aliphatic carbocycles. The number of likely N-dealkylation sites (N-methyl/N-ethyl adjacent to an activating group) is 1. The maximum Gasteiger partial charge on any atom is 0.326 e. The zero-order valence-electron chi connectivity index (χ0n) is 15.4. The Morgan fingerprint density at radius 3 is 2.96 bits per heavy atom. The van der Waals surface area contributed by atoms with Crippen LogP contribution in [0.15, 0.2) is 6.07 Å². The van der Waals surface area contributed by atoms with Crippen molar-refractivity contribution in [3.8, 4) is 0 Å². The van der Waals surface area contributed by atoms with Crippen LogP contribution in [0.25, 0.3) is 0 Å². The minimum Gasteiger partial charge on any atom is -0.459 e. The average molecular weight is 348 g/mol. The molecule has 0 radical (unpaired) electrons. The Hall–Kier alpha value is -1.73. The third-order valence-corrected chi connectivity index (χ3v) is 4.86. The summed E-state index contributed by atoms with van der Waals surface area (Å²) in [5.41, 5.74) is 0.958. The molecule has 2 fully saturated rings. The number of ether oxygens (including phenoxy) is 2. The van der Waals surface area contributed by atoms with Crippen LogP contribution < -0.4 is 4.90 Å². The molecule has 2 saturated heterocycles. The minimum atomic E-state index is -0.280. The van der Waals surface area contributed by atoms with E-state index in [0.717, 1.165) is 49.8 Å². The number of piperidine rings is 1. The third-order valence-electron chi connectivity index (χ3n) is 4.86. The first kappa shape index (κ1) is 18.1. The lowest BCUT2D eigenvalue weighted by atomic mass is 10.1. The summed E-state index contributed by atoms with van der Waals surface area (Å²) in [5.74, 6) is 1.53. The first-order chi connectivity index (χ1) is 12.1. The van der Waals surface area contributed by atoms with E-state index in [4.69, 9.17) is 9.47 Å². The molecule has 0 N–H and O–H groups in total. The van der Waals surface area contributed by atoms with Gasteiger partial charge in [0.15, 0.2) is 0 Å². The van der Waals surface area contributed by atoms with Gasteiger partial charge in [-0.1, -0.05) is 6.92 Å². The summed E-state index contributed by atoms with van der Waals surface area (Å²) in [6.45, 7) is 10.3. The lowest BCUT2D eigenvalue weighted by Crippen LogP contribution is -2.52. The molecule has 1 aromatic rings. The number of anilines is 1. The lowest BCUT2D eigenvalue weighted by molar-refractivity contribution is -0.161. The van der Waals surface area contributed by atoms with Crippen molar-refractivity contribution in [3.63, 3.8) is 0 Å². The molecule has 0 bridgehead atoms. The monoisotopic (exact) mass is 348 g/mol. The first-order valence-corrected chi connectivity index (χ1v) is 9.16. The first-order valence-electron chi connectivity index (χ1n) is 9.16. The number of carbonyl (C=O) groups excluding carboxylic acids is 1. The van der Waals surface area contributed by atoms with E-state index in [-0.39, 0.29) is 18.1 Å². The summed E-state index contributed by atoms with van der Waals surface area (Å²) < 4.78 is 11.3. The number of hydrogen-bond donors (Lipinski definition) is 0. The molecule has 0 aromatic carbocycles. The number of rotatable bonds is 4. The normalized spacial score (nSPS) is 25.0. The molecule has 2 atom stereocenters. The lowest BCUT2D eigenvalue weighted by Gasteiger charge is -2.36. The zero-order chi connectivity index (χ0) is 17.8. The number of aryl methyl sites for hydroxylation is 2. The molecule has 138 valence electrons. The van der Waals surface area contributed by atoms with Crippen molar-refractivity contribution >= 4 is 11.8 Å². The fraction of sp³-hybridized carbons (Fsp3) is 0.722. The molecule has 7 heteroatoms. The van der Waals surface area contributed by atoms with Gasteiger partial charge in [-0.2, -0.15) is 0 Å². The van der Waals surface area contributed by atoms with Gasteiger partial charge in [-0.05, 0) is 33.2 Å². The predicted octanol–water partition coefficient (Wildman–Crippen LogP) is 1.33. The topological polar surface area (TPSA) is 67.8 Å². The Labute approximate surface area is 149 Å². The van der Waals surface area contributed by atoms with Crippen LogP contribution in [0.1, 0.15) is 31.3 Å². The molecule has 1 aromatic heterocycles. The molecular formula is C18H28N4O3. The van der Waals surface area contributed by atoms with E-state index < -0.39 is 0 Å². The summed E-state index contributed by atoms with van der Waals surface area (Å²) in [5, 5.41) is 0. The molecule has 2 aliphatic rings. The van der Waals surface area contributed by atoms with Gasteiger partial charge in [0.2, 0.25) is 0 Å². The van der Waals surface area contributed by atoms with Gasteiger partial charge in [0.05, 0.1) is 19.8 Å². The van der Waals surface area contributed by atoms with Crippen LogP contribution in [0, 0.1) is 13.8 Å². The smallest absolute Gasteiger partial charge is 0.326 e. The van der Waals surface area contributed by atoms with Gasteiger partial charge in [-0.15, -0.1) is 0 Å². The number of nitrogens with zero attached hydrogens (tertiary/aromatic N) is 4. The van der Waals surface area contributed by atoms with E-state index >= 15 is 0 Å². The number of carbonyl (C=O) groups is 1. The van der Waals surface area contributed by atoms with Crippen LogP contribution in [0.3, 0.4) is 0 Å². The second-order valence-corrected chi connectivity index (χ2v) is 6.78. The van der Waals surface area contributed by atoms with Crippen molar-refractivity contribution in [2.45, 2.75) is 45.8 Å². The Morgan fingerprint density at radius 1 is 1.36 bits per heavy atom. The van der Waals surface area contributed by atoms with E-state index in [2.05, 4.69) is 26.7 Å². The second-order valence-electron chi connectivity index (χ2n) is 6.78. The summed E-state index contributed by atoms with van der Waals surface area (Å²) in [6, 6.07) is 1.71. The quantitative estimate of drug-likeness (QED) is 0.760. The van der Waals surface area contributed by atoms with Gasteiger partial charge in [-0.3, -0.25) is 9.69 Å². The van der Waals surface area contributed by atoms with E-state index in [0.29, 0.717) is 19.8 Å². The van der Waals surface area contributed by atoms with Gasteiger partial charge in [0.25, 0.3) is 0 Å². The Bertz CT molecular complexity index is 590. The highest BCUT2D eigenvalue weighted by molar-refractivity contribution is 5.76. The Morgan fingerprint density at radius 2 is 2.20 bits per heavy atom. The van der Waals surface area contributed by atoms with Crippen molar-refractivity contribution in [1.82, 2.24) is 14.9 Å². The van der Waals surface area contributed by atoms with Crippen molar-refractivity contribution < 1.29 is 14.3 Å². The Balaban J connectivity index is 1.62. The van der Waals surface area contributed by atoms with Crippen LogP contribution in [0.4, 0.5) is 5.82 Å². The van der Waals surface area contributed by atoms with Gasteiger partial charge in [-0.25, -0.2) is 9.97 Å². The number of aromatic nitrogens is 2. The number of esters is 1. The Kier molecular flexibility index (Phi) is 5.86. The molecular weight excluding hydrogens is 320 g/mol. The minimum absolute atomic E-state index is 0.0996. The molecule has 25 heavy (non-hydrogen) atoms. The zero-order valence-corrected chi connectivity index (χ0v) is 15.4. The maximum absolute atomic E-state index is 12.6. The number of hydrogen-bond acceptors (Lipinski definition) is 7. The second kappa shape index (κ2) is 8.10. The third kappa shape index (κ3) is 4.46. The van der Waals surface area contributed by atoms with E-state index in [9.17, 15) is 4.79 Å². The molecule has 0 saturated carbocycles. The van der Waals surface area contributed by atoms with Crippen molar-refractivity contribution in [3.05, 3.63) is 17.6 Å². The van der Waals surface area contributed by atoms with Crippen LogP contribution in [-0.4, -0.2) is 72.4 Å². The highest BCUT2D eigenvalue weighted by atomic mass is 16.6. The van der Waals surface area contributed by atoms with Crippen molar-refractivity contribution in [2.24, 2.45) is 0 Å². The fourth-order valence-corrected chi connectivity index (χ4v) is 3.58. The molecule has 2 aliphatic heterocycles. The predicted molar refractivity (Wildman–Crippen MR) is 94.7 cm³/mol. The summed E-state index contributed by atoms with van der Waals surface area (Å²) >= 11 is 0. The van der Waals surface area contributed by atoms with Crippen LogP contribution >= 0.6 is 0 Å². The van der Waals surface area contributed by atoms with Gasteiger partial charge in [0, 0.05) is 24.8 Å². The highest BCUT2D eigenvalue weighted by Crippen LogP contribution is 2.21. The van der Waals surface area contributed by atoms with E-state index in [1.54, 1.807) is 0 Å². The van der Waals surface area contributed by atoms with Crippen LogP contribution in [0.5, 0.6) is 0 Å². The maximum atomic E-state index is 12.6. The standard InChI is InChI=1S/C18H28N4O3/c1-4-21-8-9-24-12-16(21)18(23)25-15-6-5-7-22(11-15)17-10-13(2)19-14(3)20-17/h10,15-16H,4-9,11-12H2,1-3H3/t15-,16-/m0/s1. The molecule has 0 unspecified atom stereocenters.